The molecule has 1 aliphatic heterocycles. The third kappa shape index (κ3) is 4.45. The first-order valence-electron chi connectivity index (χ1n) is 9.34. The first-order chi connectivity index (χ1) is 13.9. The van der Waals surface area contributed by atoms with E-state index in [4.69, 9.17) is 16.6 Å². The van der Waals surface area contributed by atoms with Crippen molar-refractivity contribution in [3.05, 3.63) is 64.3 Å². The van der Waals surface area contributed by atoms with Gasteiger partial charge in [-0.1, -0.05) is 29.8 Å². The second-order valence-electron chi connectivity index (χ2n) is 6.98. The minimum atomic E-state index is -3.58. The smallest absolute Gasteiger partial charge is 0.244 e. The molecule has 29 heavy (non-hydrogen) atoms. The molecule has 6 nitrogen and oxygen atoms in total. The fourth-order valence-corrected chi connectivity index (χ4v) is 6.11. The van der Waals surface area contributed by atoms with E-state index in [9.17, 15) is 8.42 Å². The van der Waals surface area contributed by atoms with Gasteiger partial charge in [0.05, 0.1) is 10.7 Å². The first-order valence-corrected chi connectivity index (χ1v) is 12.0. The Labute approximate surface area is 179 Å². The number of thiazole rings is 1. The van der Waals surface area contributed by atoms with E-state index in [2.05, 4.69) is 10.3 Å². The number of hydrogen-bond donors (Lipinski definition) is 1. The zero-order valence-corrected chi connectivity index (χ0v) is 18.3. The van der Waals surface area contributed by atoms with Gasteiger partial charge in [-0.15, -0.1) is 11.3 Å². The average molecular weight is 449 g/mol. The van der Waals surface area contributed by atoms with Crippen LogP contribution in [0.1, 0.15) is 30.1 Å². The summed E-state index contributed by atoms with van der Waals surface area (Å²) in [6.45, 7) is 2.85. The molecule has 0 bridgehead atoms. The van der Waals surface area contributed by atoms with Gasteiger partial charge < -0.3 is 5.32 Å². The molecule has 3 aromatic rings. The SMILES string of the molecule is Cc1csc(Nc2cccc(C3CCN(S(=O)(=O)c4ccccc4Cl)CC3)n2)n1. The van der Waals surface area contributed by atoms with Crippen molar-refractivity contribution in [2.45, 2.75) is 30.6 Å². The zero-order valence-electron chi connectivity index (χ0n) is 15.9. The van der Waals surface area contributed by atoms with E-state index >= 15 is 0 Å². The van der Waals surface area contributed by atoms with Gasteiger partial charge >= 0.3 is 0 Å². The number of halogens is 1. The van der Waals surface area contributed by atoms with Crippen molar-refractivity contribution >= 4 is 43.9 Å². The molecular formula is C20H21ClN4O2S2. The molecule has 1 saturated heterocycles. The molecule has 0 radical (unpaired) electrons. The summed E-state index contributed by atoms with van der Waals surface area (Å²) in [4.78, 5) is 9.30. The summed E-state index contributed by atoms with van der Waals surface area (Å²) in [6, 6.07) is 12.5. The summed E-state index contributed by atoms with van der Waals surface area (Å²) in [7, 11) is -3.58. The highest BCUT2D eigenvalue weighted by Crippen LogP contribution is 2.32. The minimum Gasteiger partial charge on any atom is -0.316 e. The molecule has 0 saturated carbocycles. The maximum Gasteiger partial charge on any atom is 0.244 e. The van der Waals surface area contributed by atoms with Crippen LogP contribution in [0.15, 0.2) is 52.7 Å². The number of anilines is 2. The quantitative estimate of drug-likeness (QED) is 0.606. The molecule has 2 aromatic heterocycles. The Kier molecular flexibility index (Phi) is 5.87. The molecule has 0 amide bonds. The van der Waals surface area contributed by atoms with Crippen LogP contribution < -0.4 is 5.32 Å². The Morgan fingerprint density at radius 3 is 2.55 bits per heavy atom. The average Bonchev–Trinajstić information content (AvgIpc) is 3.13. The Balaban J connectivity index is 1.45. The third-order valence-electron chi connectivity index (χ3n) is 4.95. The normalized spacial score (nSPS) is 16.1. The number of benzene rings is 1. The highest BCUT2D eigenvalue weighted by molar-refractivity contribution is 7.89. The van der Waals surface area contributed by atoms with E-state index < -0.39 is 10.0 Å². The maximum atomic E-state index is 12.9. The number of rotatable bonds is 5. The van der Waals surface area contributed by atoms with E-state index in [1.807, 2.05) is 30.5 Å². The highest BCUT2D eigenvalue weighted by atomic mass is 35.5. The summed E-state index contributed by atoms with van der Waals surface area (Å²) in [5, 5.41) is 6.30. The number of aromatic nitrogens is 2. The van der Waals surface area contributed by atoms with Crippen molar-refractivity contribution in [3.8, 4) is 0 Å². The van der Waals surface area contributed by atoms with Crippen molar-refractivity contribution in [1.29, 1.82) is 0 Å². The van der Waals surface area contributed by atoms with E-state index in [0.29, 0.717) is 13.1 Å². The highest BCUT2D eigenvalue weighted by Gasteiger charge is 2.31. The molecular weight excluding hydrogens is 428 g/mol. The minimum absolute atomic E-state index is 0.170. The van der Waals surface area contributed by atoms with Crippen LogP contribution in [0.4, 0.5) is 10.9 Å². The fraction of sp³-hybridized carbons (Fsp3) is 0.300. The monoisotopic (exact) mass is 448 g/mol. The van der Waals surface area contributed by atoms with Gasteiger partial charge in [-0.2, -0.15) is 4.31 Å². The molecule has 0 spiro atoms. The second kappa shape index (κ2) is 8.39. The molecule has 1 fully saturated rings. The maximum absolute atomic E-state index is 12.9. The van der Waals surface area contributed by atoms with Crippen LogP contribution in [0.5, 0.6) is 0 Å². The van der Waals surface area contributed by atoms with Gasteiger partial charge in [0, 0.05) is 30.1 Å². The zero-order chi connectivity index (χ0) is 20.4. The van der Waals surface area contributed by atoms with Gasteiger partial charge in [0.2, 0.25) is 10.0 Å². The molecule has 0 atom stereocenters. The Morgan fingerprint density at radius 1 is 1.10 bits per heavy atom. The summed E-state index contributed by atoms with van der Waals surface area (Å²) in [6.07, 6.45) is 1.44. The molecule has 0 unspecified atom stereocenters. The fourth-order valence-electron chi connectivity index (χ4n) is 3.45. The molecule has 152 valence electrons. The van der Waals surface area contributed by atoms with Gasteiger partial charge in [-0.05, 0) is 44.0 Å². The van der Waals surface area contributed by atoms with Gasteiger partial charge in [0.25, 0.3) is 0 Å². The van der Waals surface area contributed by atoms with Gasteiger partial charge in [-0.25, -0.2) is 18.4 Å². The van der Waals surface area contributed by atoms with Crippen molar-refractivity contribution in [1.82, 2.24) is 14.3 Å². The van der Waals surface area contributed by atoms with Crippen LogP contribution in [0, 0.1) is 6.92 Å². The van der Waals surface area contributed by atoms with Gasteiger partial charge in [0.1, 0.15) is 10.7 Å². The van der Waals surface area contributed by atoms with Crippen LogP contribution in [-0.2, 0) is 10.0 Å². The van der Waals surface area contributed by atoms with Crippen LogP contribution in [-0.4, -0.2) is 35.8 Å². The van der Waals surface area contributed by atoms with Crippen LogP contribution in [0.25, 0.3) is 0 Å². The number of nitrogens with one attached hydrogen (secondary N) is 1. The van der Waals surface area contributed by atoms with Crippen LogP contribution >= 0.6 is 22.9 Å². The summed E-state index contributed by atoms with van der Waals surface area (Å²) >= 11 is 7.65. The lowest BCUT2D eigenvalue weighted by Crippen LogP contribution is -2.38. The number of hydrogen-bond acceptors (Lipinski definition) is 6. The molecule has 0 aliphatic carbocycles. The van der Waals surface area contributed by atoms with Crippen LogP contribution in [0.2, 0.25) is 5.02 Å². The number of pyridine rings is 1. The second-order valence-corrected chi connectivity index (χ2v) is 10.1. The van der Waals surface area contributed by atoms with Crippen molar-refractivity contribution in [2.24, 2.45) is 0 Å². The molecule has 9 heteroatoms. The number of sulfonamides is 1. The summed E-state index contributed by atoms with van der Waals surface area (Å²) < 4.78 is 27.4. The topological polar surface area (TPSA) is 75.2 Å². The Morgan fingerprint density at radius 2 is 1.86 bits per heavy atom. The largest absolute Gasteiger partial charge is 0.316 e. The third-order valence-corrected chi connectivity index (χ3v) is 8.23. The summed E-state index contributed by atoms with van der Waals surface area (Å²) in [5.41, 5.74) is 1.94. The Bertz CT molecular complexity index is 1110. The predicted octanol–water partition coefficient (Wildman–Crippen LogP) is 4.81. The van der Waals surface area contributed by atoms with Crippen molar-refractivity contribution in [3.63, 3.8) is 0 Å². The summed E-state index contributed by atoms with van der Waals surface area (Å²) in [5.74, 6) is 0.968. The van der Waals surface area contributed by atoms with E-state index in [-0.39, 0.29) is 15.8 Å². The standard InChI is InChI=1S/C20H21ClN4O2S2/c1-14-13-28-20(22-14)24-19-8-4-6-17(23-19)15-9-11-25(12-10-15)29(26,27)18-7-3-2-5-16(18)21/h2-8,13,15H,9-12H2,1H3,(H,22,23,24). The van der Waals surface area contributed by atoms with Gasteiger partial charge in [-0.3, -0.25) is 0 Å². The van der Waals surface area contributed by atoms with E-state index in [1.165, 1.54) is 4.31 Å². The Hall–Kier alpha value is -2.00. The molecule has 4 rings (SSSR count). The molecule has 1 N–H and O–H groups in total. The van der Waals surface area contributed by atoms with Crippen LogP contribution in [0.3, 0.4) is 0 Å². The first kappa shape index (κ1) is 20.3. The molecule has 3 heterocycles. The van der Waals surface area contributed by atoms with Gasteiger partial charge in [0.15, 0.2) is 5.13 Å². The lowest BCUT2D eigenvalue weighted by Gasteiger charge is -2.31. The molecule has 1 aliphatic rings. The predicted molar refractivity (Wildman–Crippen MR) is 117 cm³/mol. The number of nitrogens with zero attached hydrogens (tertiary/aromatic N) is 3. The molecule has 1 aromatic carbocycles. The van der Waals surface area contributed by atoms with E-state index in [1.54, 1.807) is 35.6 Å². The number of piperidine rings is 1. The lowest BCUT2D eigenvalue weighted by molar-refractivity contribution is 0.317. The van der Waals surface area contributed by atoms with E-state index in [0.717, 1.165) is 35.2 Å². The number of aryl methyl sites for hydroxylation is 1. The van der Waals surface area contributed by atoms with Crippen molar-refractivity contribution < 1.29 is 8.42 Å². The van der Waals surface area contributed by atoms with Crippen molar-refractivity contribution in [2.75, 3.05) is 18.4 Å². The lowest BCUT2D eigenvalue weighted by atomic mass is 9.94.